The largest absolute Gasteiger partial charge is 0.411 e. The summed E-state index contributed by atoms with van der Waals surface area (Å²) >= 11 is 0. The molecule has 0 aliphatic heterocycles. The molecule has 0 amide bonds. The molecule has 0 heterocycles. The third kappa shape index (κ3) is 1.21. The summed E-state index contributed by atoms with van der Waals surface area (Å²) in [7, 11) is 1.63. The van der Waals surface area contributed by atoms with Gasteiger partial charge in [-0.3, -0.25) is 0 Å². The Bertz CT molecular complexity index is 347. The van der Waals surface area contributed by atoms with Crippen LogP contribution in [-0.2, 0) is 11.2 Å². The van der Waals surface area contributed by atoms with Gasteiger partial charge >= 0.3 is 0 Å². The fraction of sp³-hybridized carbons (Fsp3) is 0.300. The average Bonchev–Trinajstić information content (AvgIpc) is 2.55. The van der Waals surface area contributed by atoms with E-state index in [0.29, 0.717) is 5.71 Å². The van der Waals surface area contributed by atoms with E-state index in [4.69, 9.17) is 9.94 Å². The lowest BCUT2D eigenvalue weighted by Crippen LogP contribution is -2.18. The molecule has 1 aliphatic rings. The van der Waals surface area contributed by atoms with Crippen molar-refractivity contribution in [3.8, 4) is 0 Å². The summed E-state index contributed by atoms with van der Waals surface area (Å²) < 4.78 is 5.21. The number of oxime groups is 1. The van der Waals surface area contributed by atoms with E-state index in [9.17, 15) is 0 Å². The first-order chi connectivity index (χ1) is 6.36. The van der Waals surface area contributed by atoms with Crippen molar-refractivity contribution in [2.45, 2.75) is 12.5 Å². The predicted molar refractivity (Wildman–Crippen MR) is 49.3 cm³/mol. The minimum absolute atomic E-state index is 0.0950. The number of nitrogens with zero attached hydrogens (tertiary/aromatic N) is 1. The van der Waals surface area contributed by atoms with Crippen molar-refractivity contribution in [3.63, 3.8) is 0 Å². The minimum Gasteiger partial charge on any atom is -0.411 e. The zero-order valence-corrected chi connectivity index (χ0v) is 7.40. The van der Waals surface area contributed by atoms with Crippen LogP contribution in [0.4, 0.5) is 0 Å². The van der Waals surface area contributed by atoms with E-state index in [0.717, 1.165) is 12.0 Å². The molecular formula is C10H11NO2. The number of rotatable bonds is 1. The van der Waals surface area contributed by atoms with Crippen LogP contribution in [-0.4, -0.2) is 24.1 Å². The van der Waals surface area contributed by atoms with Crippen LogP contribution in [0.3, 0.4) is 0 Å². The van der Waals surface area contributed by atoms with Crippen molar-refractivity contribution >= 4 is 5.71 Å². The van der Waals surface area contributed by atoms with Gasteiger partial charge in [-0.25, -0.2) is 0 Å². The normalized spacial score (nSPS) is 23.5. The molecule has 0 saturated heterocycles. The van der Waals surface area contributed by atoms with Gasteiger partial charge in [-0.1, -0.05) is 29.4 Å². The van der Waals surface area contributed by atoms with E-state index in [1.807, 2.05) is 24.3 Å². The summed E-state index contributed by atoms with van der Waals surface area (Å²) in [6.45, 7) is 0. The Morgan fingerprint density at radius 2 is 2.23 bits per heavy atom. The maximum Gasteiger partial charge on any atom is 0.116 e. The zero-order chi connectivity index (χ0) is 9.26. The number of hydrogen-bond donors (Lipinski definition) is 1. The van der Waals surface area contributed by atoms with Crippen LogP contribution in [0.2, 0.25) is 0 Å². The van der Waals surface area contributed by atoms with Gasteiger partial charge < -0.3 is 9.94 Å². The molecule has 2 rings (SSSR count). The lowest BCUT2D eigenvalue weighted by Gasteiger charge is -2.05. The summed E-state index contributed by atoms with van der Waals surface area (Å²) in [5.41, 5.74) is 2.82. The van der Waals surface area contributed by atoms with E-state index in [1.165, 1.54) is 5.56 Å². The molecule has 1 unspecified atom stereocenters. The van der Waals surface area contributed by atoms with Crippen molar-refractivity contribution in [1.29, 1.82) is 0 Å². The molecule has 0 bridgehead atoms. The summed E-state index contributed by atoms with van der Waals surface area (Å²) in [6, 6.07) is 7.89. The highest BCUT2D eigenvalue weighted by atomic mass is 16.5. The van der Waals surface area contributed by atoms with E-state index >= 15 is 0 Å². The van der Waals surface area contributed by atoms with Gasteiger partial charge in [-0.2, -0.15) is 0 Å². The second kappa shape index (κ2) is 3.18. The molecule has 0 spiro atoms. The van der Waals surface area contributed by atoms with E-state index in [-0.39, 0.29) is 6.10 Å². The molecule has 1 aliphatic carbocycles. The van der Waals surface area contributed by atoms with Crippen molar-refractivity contribution in [3.05, 3.63) is 35.4 Å². The highest BCUT2D eigenvalue weighted by Gasteiger charge is 2.28. The van der Waals surface area contributed by atoms with Gasteiger partial charge in [0.2, 0.25) is 0 Å². The molecule has 1 aromatic carbocycles. The molecule has 0 saturated carbocycles. The first-order valence-electron chi connectivity index (χ1n) is 4.20. The Labute approximate surface area is 76.6 Å². The fourth-order valence-electron chi connectivity index (χ4n) is 1.73. The number of benzene rings is 1. The van der Waals surface area contributed by atoms with Gasteiger partial charge in [-0.15, -0.1) is 0 Å². The Morgan fingerprint density at radius 1 is 1.46 bits per heavy atom. The van der Waals surface area contributed by atoms with Gasteiger partial charge in [-0.05, 0) is 5.56 Å². The Hall–Kier alpha value is -1.35. The van der Waals surface area contributed by atoms with Gasteiger partial charge in [0.1, 0.15) is 11.8 Å². The molecule has 0 radical (unpaired) electrons. The first kappa shape index (κ1) is 8.26. The topological polar surface area (TPSA) is 41.8 Å². The molecule has 13 heavy (non-hydrogen) atoms. The molecular weight excluding hydrogens is 166 g/mol. The fourth-order valence-corrected chi connectivity index (χ4v) is 1.73. The van der Waals surface area contributed by atoms with Crippen molar-refractivity contribution < 1.29 is 9.94 Å². The smallest absolute Gasteiger partial charge is 0.116 e. The van der Waals surface area contributed by atoms with E-state index in [1.54, 1.807) is 7.11 Å². The Morgan fingerprint density at radius 3 is 2.92 bits per heavy atom. The van der Waals surface area contributed by atoms with E-state index < -0.39 is 0 Å². The molecule has 3 heteroatoms. The van der Waals surface area contributed by atoms with Crippen LogP contribution in [0.15, 0.2) is 29.4 Å². The summed E-state index contributed by atoms with van der Waals surface area (Å²) in [6.07, 6.45) is 0.703. The van der Waals surface area contributed by atoms with Crippen LogP contribution in [0.1, 0.15) is 11.1 Å². The van der Waals surface area contributed by atoms with Crippen LogP contribution in [0.25, 0.3) is 0 Å². The average molecular weight is 177 g/mol. The third-order valence-electron chi connectivity index (χ3n) is 2.40. The van der Waals surface area contributed by atoms with Crippen molar-refractivity contribution in [2.75, 3.05) is 7.11 Å². The SMILES string of the molecule is COC1Cc2ccccc2/C1=N\O. The van der Waals surface area contributed by atoms with E-state index in [2.05, 4.69) is 5.16 Å². The van der Waals surface area contributed by atoms with Gasteiger partial charge in [0.25, 0.3) is 0 Å². The standard InChI is InChI=1S/C10H11NO2/c1-13-9-6-7-4-2-3-5-8(7)10(9)11-12/h2-5,9,12H,6H2,1H3/b11-10+. The molecule has 3 nitrogen and oxygen atoms in total. The monoisotopic (exact) mass is 177 g/mol. The lowest BCUT2D eigenvalue weighted by molar-refractivity contribution is 0.156. The summed E-state index contributed by atoms with van der Waals surface area (Å²) in [5.74, 6) is 0. The molecule has 1 aromatic rings. The number of methoxy groups -OCH3 is 1. The van der Waals surface area contributed by atoms with Crippen molar-refractivity contribution in [2.24, 2.45) is 5.16 Å². The third-order valence-corrected chi connectivity index (χ3v) is 2.40. The predicted octanol–water partition coefficient (Wildman–Crippen LogP) is 1.44. The summed E-state index contributed by atoms with van der Waals surface area (Å²) in [5, 5.41) is 12.1. The second-order valence-electron chi connectivity index (χ2n) is 3.07. The van der Waals surface area contributed by atoms with Gasteiger partial charge in [0.15, 0.2) is 0 Å². The first-order valence-corrected chi connectivity index (χ1v) is 4.20. The quantitative estimate of drug-likeness (QED) is 0.521. The number of hydrogen-bond acceptors (Lipinski definition) is 3. The summed E-state index contributed by atoms with van der Waals surface area (Å²) in [4.78, 5) is 0. The van der Waals surface area contributed by atoms with Crippen LogP contribution in [0.5, 0.6) is 0 Å². The van der Waals surface area contributed by atoms with Crippen LogP contribution in [0, 0.1) is 0 Å². The second-order valence-corrected chi connectivity index (χ2v) is 3.07. The maximum atomic E-state index is 8.82. The molecule has 0 fully saturated rings. The molecule has 0 aromatic heterocycles. The van der Waals surface area contributed by atoms with Gasteiger partial charge in [0.05, 0.1) is 0 Å². The zero-order valence-electron chi connectivity index (χ0n) is 7.40. The highest BCUT2D eigenvalue weighted by molar-refractivity contribution is 6.07. The van der Waals surface area contributed by atoms with Crippen LogP contribution < -0.4 is 0 Å². The Balaban J connectivity index is 2.46. The molecule has 68 valence electrons. The number of ether oxygens (including phenoxy) is 1. The molecule has 1 atom stereocenters. The highest BCUT2D eigenvalue weighted by Crippen LogP contribution is 2.23. The Kier molecular flexibility index (Phi) is 2.02. The molecule has 1 N–H and O–H groups in total. The van der Waals surface area contributed by atoms with Crippen LogP contribution >= 0.6 is 0 Å². The lowest BCUT2D eigenvalue weighted by atomic mass is 10.1. The van der Waals surface area contributed by atoms with Gasteiger partial charge in [0, 0.05) is 19.1 Å². The maximum absolute atomic E-state index is 8.82. The number of fused-ring (bicyclic) bond motifs is 1. The minimum atomic E-state index is -0.0950. The van der Waals surface area contributed by atoms with Crippen molar-refractivity contribution in [1.82, 2.24) is 0 Å².